The molecule has 1 N–H and O–H groups in total. The molecule has 32 heavy (non-hydrogen) atoms. The number of hydrogen-bond acceptors (Lipinski definition) is 3. The van der Waals surface area contributed by atoms with E-state index in [-0.39, 0.29) is 15.9 Å². The summed E-state index contributed by atoms with van der Waals surface area (Å²) in [4.78, 5) is 12.7. The minimum Gasteiger partial charge on any atom is -0.497 e. The minimum atomic E-state index is -0.411. The zero-order valence-corrected chi connectivity index (χ0v) is 19.0. The quantitative estimate of drug-likeness (QED) is 0.344. The second-order valence-electron chi connectivity index (χ2n) is 9.87. The number of nitrogens with one attached hydrogen (secondary N) is 1. The first-order chi connectivity index (χ1) is 15.4. The number of benzene rings is 2. The van der Waals surface area contributed by atoms with Crippen LogP contribution < -0.4 is 10.1 Å². The molecule has 2 aromatic carbocycles. The smallest absolute Gasteiger partial charge is 0.266 e. The Morgan fingerprint density at radius 1 is 1.09 bits per heavy atom. The van der Waals surface area contributed by atoms with Crippen molar-refractivity contribution in [3.8, 4) is 11.8 Å². The van der Waals surface area contributed by atoms with Crippen LogP contribution in [0.2, 0.25) is 0 Å². The third-order valence-electron chi connectivity index (χ3n) is 7.54. The molecule has 4 fully saturated rings. The van der Waals surface area contributed by atoms with Crippen LogP contribution in [-0.4, -0.2) is 17.9 Å². The molecule has 0 saturated heterocycles. The predicted molar refractivity (Wildman–Crippen MR) is 127 cm³/mol. The summed E-state index contributed by atoms with van der Waals surface area (Å²) >= 11 is 7.00. The van der Waals surface area contributed by atoms with Crippen LogP contribution in [0.5, 0.6) is 5.75 Å². The van der Waals surface area contributed by atoms with Crippen LogP contribution in [0.1, 0.15) is 49.7 Å². The van der Waals surface area contributed by atoms with Crippen LogP contribution in [0.25, 0.3) is 6.08 Å². The first kappa shape index (κ1) is 21.1. The van der Waals surface area contributed by atoms with Crippen LogP contribution in [0.3, 0.4) is 0 Å². The molecule has 6 rings (SSSR count). The molecular weight excluding hydrogens is 420 g/mol. The molecule has 0 aliphatic heterocycles. The van der Waals surface area contributed by atoms with Crippen LogP contribution in [0.15, 0.2) is 54.1 Å². The van der Waals surface area contributed by atoms with E-state index < -0.39 is 5.91 Å². The molecule has 4 bridgehead atoms. The summed E-state index contributed by atoms with van der Waals surface area (Å²) in [5, 5.41) is 12.3. The van der Waals surface area contributed by atoms with Gasteiger partial charge in [0.1, 0.15) is 17.4 Å². The van der Waals surface area contributed by atoms with Gasteiger partial charge in [-0.05, 0) is 97.2 Å². The zero-order valence-electron chi connectivity index (χ0n) is 18.2. The van der Waals surface area contributed by atoms with E-state index in [4.69, 9.17) is 16.3 Å². The molecule has 4 aliphatic carbocycles. The molecular formula is C27H27ClN2O2. The standard InChI is InChI=1S/C27H27ClN2O2/c1-32-24-8-2-18(3-9-24)11-21(16-29)25(31)30-23-6-4-22(5-7-23)26-12-19-10-20(13-26)15-27(28,14-19)17-26/h2-9,11,19-20H,10,12-15,17H2,1H3,(H,30,31)/b21-11+. The number of anilines is 1. The van der Waals surface area contributed by atoms with E-state index >= 15 is 0 Å². The van der Waals surface area contributed by atoms with Crippen molar-refractivity contribution in [3.05, 3.63) is 65.2 Å². The molecule has 164 valence electrons. The number of halogens is 1. The number of alkyl halides is 1. The summed E-state index contributed by atoms with van der Waals surface area (Å²) in [5.41, 5.74) is 3.04. The number of nitrogens with zero attached hydrogens (tertiary/aromatic N) is 1. The SMILES string of the molecule is COc1ccc(/C=C(\C#N)C(=O)Nc2ccc(C34CC5CC(CC(Cl)(C5)C3)C4)cc2)cc1. The number of nitriles is 1. The summed E-state index contributed by atoms with van der Waals surface area (Å²) in [5.74, 6) is 1.80. The molecule has 4 saturated carbocycles. The van der Waals surface area contributed by atoms with Gasteiger partial charge < -0.3 is 10.1 Å². The summed E-state index contributed by atoms with van der Waals surface area (Å²) in [6.45, 7) is 0. The lowest BCUT2D eigenvalue weighted by atomic mass is 9.47. The van der Waals surface area contributed by atoms with Crippen molar-refractivity contribution in [1.29, 1.82) is 5.26 Å². The van der Waals surface area contributed by atoms with Gasteiger partial charge in [-0.25, -0.2) is 0 Å². The van der Waals surface area contributed by atoms with Gasteiger partial charge in [-0.15, -0.1) is 11.6 Å². The van der Waals surface area contributed by atoms with Gasteiger partial charge in [0.05, 0.1) is 7.11 Å². The Labute approximate surface area is 194 Å². The van der Waals surface area contributed by atoms with Gasteiger partial charge in [-0.2, -0.15) is 5.26 Å². The maximum atomic E-state index is 12.7. The van der Waals surface area contributed by atoms with Crippen molar-refractivity contribution in [2.24, 2.45) is 11.8 Å². The summed E-state index contributed by atoms with van der Waals surface area (Å²) in [7, 11) is 1.60. The Balaban J connectivity index is 1.31. The molecule has 1 amide bonds. The number of methoxy groups -OCH3 is 1. The van der Waals surface area contributed by atoms with E-state index in [0.717, 1.165) is 29.6 Å². The Morgan fingerprint density at radius 3 is 2.31 bits per heavy atom. The molecule has 5 heteroatoms. The molecule has 2 unspecified atom stereocenters. The first-order valence-electron chi connectivity index (χ1n) is 11.3. The molecule has 4 aliphatic rings. The molecule has 0 aromatic heterocycles. The van der Waals surface area contributed by atoms with Gasteiger partial charge in [0.15, 0.2) is 0 Å². The number of amides is 1. The maximum absolute atomic E-state index is 12.7. The van der Waals surface area contributed by atoms with Crippen LogP contribution >= 0.6 is 11.6 Å². The number of rotatable bonds is 5. The lowest BCUT2D eigenvalue weighted by Crippen LogP contribution is -2.55. The van der Waals surface area contributed by atoms with Crippen LogP contribution in [0, 0.1) is 23.2 Å². The fraction of sp³-hybridized carbons (Fsp3) is 0.407. The zero-order chi connectivity index (χ0) is 22.3. The monoisotopic (exact) mass is 446 g/mol. The van der Waals surface area contributed by atoms with Crippen LogP contribution in [-0.2, 0) is 10.2 Å². The van der Waals surface area contributed by atoms with Gasteiger partial charge in [0.25, 0.3) is 5.91 Å². The van der Waals surface area contributed by atoms with Crippen molar-refractivity contribution in [2.45, 2.75) is 48.8 Å². The summed E-state index contributed by atoms with van der Waals surface area (Å²) in [6, 6.07) is 17.4. The van der Waals surface area contributed by atoms with E-state index in [9.17, 15) is 10.1 Å². The third-order valence-corrected chi connectivity index (χ3v) is 7.98. The van der Waals surface area contributed by atoms with Crippen LogP contribution in [0.4, 0.5) is 5.69 Å². The largest absolute Gasteiger partial charge is 0.497 e. The number of ether oxygens (including phenoxy) is 1. The van der Waals surface area contributed by atoms with Gasteiger partial charge in [0.2, 0.25) is 0 Å². The minimum absolute atomic E-state index is 0.0229. The second kappa shape index (κ2) is 7.98. The van der Waals surface area contributed by atoms with Crippen molar-refractivity contribution < 1.29 is 9.53 Å². The number of hydrogen-bond donors (Lipinski definition) is 1. The molecule has 0 heterocycles. The van der Waals surface area contributed by atoms with E-state index in [1.54, 1.807) is 25.3 Å². The van der Waals surface area contributed by atoms with Gasteiger partial charge in [-0.3, -0.25) is 4.79 Å². The third kappa shape index (κ3) is 3.91. The number of carbonyl (C=O) groups excluding carboxylic acids is 1. The van der Waals surface area contributed by atoms with Crippen molar-refractivity contribution in [1.82, 2.24) is 0 Å². The molecule has 4 nitrogen and oxygen atoms in total. The molecule has 2 atom stereocenters. The van der Waals surface area contributed by atoms with Crippen molar-refractivity contribution >= 4 is 29.3 Å². The summed E-state index contributed by atoms with van der Waals surface area (Å²) < 4.78 is 5.15. The Kier molecular flexibility index (Phi) is 5.26. The second-order valence-corrected chi connectivity index (χ2v) is 10.7. The highest BCUT2D eigenvalue weighted by Crippen LogP contribution is 2.64. The highest BCUT2D eigenvalue weighted by atomic mass is 35.5. The average molecular weight is 447 g/mol. The average Bonchev–Trinajstić information content (AvgIpc) is 2.76. The first-order valence-corrected chi connectivity index (χ1v) is 11.6. The topological polar surface area (TPSA) is 62.1 Å². The lowest BCUT2D eigenvalue weighted by Gasteiger charge is -2.60. The predicted octanol–water partition coefficient (Wildman–Crippen LogP) is 6.07. The molecule has 0 spiro atoms. The Morgan fingerprint density at radius 2 is 1.75 bits per heavy atom. The van der Waals surface area contributed by atoms with Gasteiger partial charge >= 0.3 is 0 Å². The highest BCUT2D eigenvalue weighted by molar-refractivity contribution is 6.24. The fourth-order valence-electron chi connectivity index (χ4n) is 6.61. The molecule has 2 aromatic rings. The van der Waals surface area contributed by atoms with E-state index in [1.165, 1.54) is 37.7 Å². The normalized spacial score (nSPS) is 30.6. The van der Waals surface area contributed by atoms with E-state index in [2.05, 4.69) is 17.4 Å². The Bertz CT molecular complexity index is 1080. The summed E-state index contributed by atoms with van der Waals surface area (Å²) in [6.07, 6.45) is 8.76. The maximum Gasteiger partial charge on any atom is 0.266 e. The van der Waals surface area contributed by atoms with Gasteiger partial charge in [0, 0.05) is 10.6 Å². The Hall–Kier alpha value is -2.77. The lowest BCUT2D eigenvalue weighted by molar-refractivity contribution is -0.112. The number of carbonyl (C=O) groups is 1. The highest BCUT2D eigenvalue weighted by Gasteiger charge is 2.57. The van der Waals surface area contributed by atoms with Gasteiger partial charge in [-0.1, -0.05) is 24.3 Å². The van der Waals surface area contributed by atoms with E-state index in [1.807, 2.05) is 30.3 Å². The molecule has 0 radical (unpaired) electrons. The van der Waals surface area contributed by atoms with Crippen molar-refractivity contribution in [2.75, 3.05) is 12.4 Å². The van der Waals surface area contributed by atoms with E-state index in [0.29, 0.717) is 5.69 Å². The van der Waals surface area contributed by atoms with Crippen molar-refractivity contribution in [3.63, 3.8) is 0 Å². The fourth-order valence-corrected chi connectivity index (χ4v) is 7.30.